The fourth-order valence-electron chi connectivity index (χ4n) is 2.89. The molecule has 0 aromatic heterocycles. The Morgan fingerprint density at radius 3 is 1.26 bits per heavy atom. The fraction of sp³-hybridized carbons (Fsp3) is 0.364. The number of ketones is 2. The van der Waals surface area contributed by atoms with Crippen molar-refractivity contribution in [2.24, 2.45) is 0 Å². The van der Waals surface area contributed by atoms with E-state index in [1.54, 1.807) is 24.3 Å². The molecule has 144 valence electrons. The highest BCUT2D eigenvalue weighted by atomic mass is 16.3. The Morgan fingerprint density at radius 1 is 0.741 bits per heavy atom. The highest BCUT2D eigenvalue weighted by Crippen LogP contribution is 2.24. The highest BCUT2D eigenvalue weighted by molar-refractivity contribution is 6.02. The molecule has 0 spiro atoms. The molecule has 0 radical (unpaired) electrons. The van der Waals surface area contributed by atoms with Crippen molar-refractivity contribution in [1.82, 2.24) is 5.32 Å². The predicted molar refractivity (Wildman–Crippen MR) is 105 cm³/mol. The van der Waals surface area contributed by atoms with Gasteiger partial charge in [-0.05, 0) is 45.9 Å². The lowest BCUT2D eigenvalue weighted by molar-refractivity contribution is 0.0487. The van der Waals surface area contributed by atoms with Gasteiger partial charge < -0.3 is 15.5 Å². The minimum atomic E-state index is -1.41. The summed E-state index contributed by atoms with van der Waals surface area (Å²) in [4.78, 5) is 24.3. The highest BCUT2D eigenvalue weighted by Gasteiger charge is 2.26. The van der Waals surface area contributed by atoms with Crippen molar-refractivity contribution in [2.45, 2.75) is 44.9 Å². The van der Waals surface area contributed by atoms with Crippen LogP contribution >= 0.6 is 0 Å². The van der Waals surface area contributed by atoms with Crippen LogP contribution in [0.2, 0.25) is 0 Å². The zero-order valence-electron chi connectivity index (χ0n) is 16.4. The summed E-state index contributed by atoms with van der Waals surface area (Å²) >= 11 is 0. The minimum absolute atomic E-state index is 0.123. The van der Waals surface area contributed by atoms with Crippen LogP contribution in [0.15, 0.2) is 48.5 Å². The van der Waals surface area contributed by atoms with Gasteiger partial charge in [0.1, 0.15) is 11.2 Å². The van der Waals surface area contributed by atoms with E-state index in [-0.39, 0.29) is 17.6 Å². The lowest BCUT2D eigenvalue weighted by Gasteiger charge is -2.20. The molecule has 27 heavy (non-hydrogen) atoms. The summed E-state index contributed by atoms with van der Waals surface area (Å²) in [5.74, 6) is -0.658. The molecule has 5 nitrogen and oxygen atoms in total. The lowest BCUT2D eigenvalue weighted by Crippen LogP contribution is -2.31. The number of carbonyl (C=O) groups excluding carboxylic acids is 2. The number of hydrogen-bond donors (Lipinski definition) is 3. The Labute approximate surface area is 160 Å². The second-order valence-corrected chi connectivity index (χ2v) is 7.74. The summed E-state index contributed by atoms with van der Waals surface area (Å²) in [6, 6.07) is 14.1. The molecule has 0 atom stereocenters. The Kier molecular flexibility index (Phi) is 6.00. The van der Waals surface area contributed by atoms with Crippen LogP contribution in [0.1, 0.15) is 65.6 Å². The van der Waals surface area contributed by atoms with E-state index in [4.69, 9.17) is 0 Å². The average molecular weight is 369 g/mol. The van der Waals surface area contributed by atoms with E-state index >= 15 is 0 Å². The molecule has 2 rings (SSSR count). The van der Waals surface area contributed by atoms with Crippen LogP contribution in [-0.2, 0) is 0 Å². The van der Waals surface area contributed by atoms with Gasteiger partial charge in [-0.2, -0.15) is 0 Å². The van der Waals surface area contributed by atoms with E-state index in [1.165, 1.54) is 27.7 Å². The van der Waals surface area contributed by atoms with Crippen molar-refractivity contribution >= 4 is 11.6 Å². The largest absolute Gasteiger partial charge is 0.382 e. The average Bonchev–Trinajstić information content (AvgIpc) is 2.61. The fourth-order valence-corrected chi connectivity index (χ4v) is 2.89. The Morgan fingerprint density at radius 2 is 1.04 bits per heavy atom. The topological polar surface area (TPSA) is 86.6 Å². The summed E-state index contributed by atoms with van der Waals surface area (Å²) in [6.45, 7) is 5.87. The summed E-state index contributed by atoms with van der Waals surface area (Å²) in [5, 5.41) is 22.9. The van der Waals surface area contributed by atoms with Crippen molar-refractivity contribution in [3.05, 3.63) is 70.8 Å². The van der Waals surface area contributed by atoms with Crippen LogP contribution in [0.25, 0.3) is 0 Å². The van der Waals surface area contributed by atoms with E-state index < -0.39 is 11.2 Å². The molecule has 2 aromatic rings. The third kappa shape index (κ3) is 4.89. The first-order valence-electron chi connectivity index (χ1n) is 8.86. The second-order valence-electron chi connectivity index (χ2n) is 7.74. The van der Waals surface area contributed by atoms with E-state index in [9.17, 15) is 19.8 Å². The third-order valence-corrected chi connectivity index (χ3v) is 4.41. The molecule has 0 unspecified atom stereocenters. The van der Waals surface area contributed by atoms with E-state index in [1.807, 2.05) is 31.3 Å². The van der Waals surface area contributed by atoms with Crippen LogP contribution in [0.4, 0.5) is 0 Å². The number of benzene rings is 2. The van der Waals surface area contributed by atoms with Crippen molar-refractivity contribution in [3.8, 4) is 0 Å². The summed E-state index contributed by atoms with van der Waals surface area (Å²) in [6.07, 6.45) is 0. The predicted octanol–water partition coefficient (Wildman–Crippen LogP) is 2.90. The second kappa shape index (κ2) is 7.72. The molecule has 0 bridgehead atoms. The summed E-state index contributed by atoms with van der Waals surface area (Å²) < 4.78 is 0. The molecule has 3 N–H and O–H groups in total. The molecular formula is C22H27NO4. The van der Waals surface area contributed by atoms with Crippen LogP contribution in [0.3, 0.4) is 0 Å². The number of rotatable bonds is 7. The number of carbonyl (C=O) groups is 2. The summed E-state index contributed by atoms with van der Waals surface area (Å²) in [7, 11) is 1.83. The molecule has 0 heterocycles. The van der Waals surface area contributed by atoms with Gasteiger partial charge >= 0.3 is 0 Å². The molecule has 2 aromatic carbocycles. The van der Waals surface area contributed by atoms with Gasteiger partial charge in [0.25, 0.3) is 0 Å². The number of aliphatic hydroxyl groups is 2. The zero-order chi connectivity index (χ0) is 20.4. The Hall–Kier alpha value is -2.34. The molecule has 0 amide bonds. The molecular weight excluding hydrogens is 342 g/mol. The minimum Gasteiger partial charge on any atom is -0.382 e. The maximum atomic E-state index is 12.2. The first-order valence-corrected chi connectivity index (χ1v) is 8.86. The van der Waals surface area contributed by atoms with Crippen LogP contribution in [-0.4, -0.2) is 40.0 Å². The normalized spacial score (nSPS) is 12.3. The summed E-state index contributed by atoms with van der Waals surface area (Å²) in [5.41, 5.74) is -0.0170. The van der Waals surface area contributed by atoms with Gasteiger partial charge in [0, 0.05) is 11.1 Å². The van der Waals surface area contributed by atoms with Gasteiger partial charge in [0.05, 0.1) is 6.04 Å². The van der Waals surface area contributed by atoms with Crippen LogP contribution < -0.4 is 5.32 Å². The van der Waals surface area contributed by atoms with Crippen LogP contribution in [0, 0.1) is 0 Å². The van der Waals surface area contributed by atoms with Gasteiger partial charge in [-0.3, -0.25) is 9.59 Å². The Bertz CT molecular complexity index is 740. The van der Waals surface area contributed by atoms with Crippen molar-refractivity contribution in [1.29, 1.82) is 0 Å². The van der Waals surface area contributed by atoms with Gasteiger partial charge in [0.15, 0.2) is 11.6 Å². The standard InChI is InChI=1S/C22H27NO4/c1-21(2,26)19(24)16-10-6-14(7-11-16)18(23-5)15-8-12-17(13-9-15)20(25)22(3,4)27/h6-13,18,23,26-27H,1-5H3. The molecule has 0 aliphatic carbocycles. The van der Waals surface area contributed by atoms with Gasteiger partial charge in [-0.15, -0.1) is 0 Å². The van der Waals surface area contributed by atoms with Gasteiger partial charge in [0.2, 0.25) is 0 Å². The van der Waals surface area contributed by atoms with Crippen molar-refractivity contribution in [3.63, 3.8) is 0 Å². The molecule has 5 heteroatoms. The third-order valence-electron chi connectivity index (χ3n) is 4.41. The molecule has 0 saturated heterocycles. The molecule has 0 saturated carbocycles. The quantitative estimate of drug-likeness (QED) is 0.653. The number of nitrogens with one attached hydrogen (secondary N) is 1. The van der Waals surface area contributed by atoms with Gasteiger partial charge in [-0.1, -0.05) is 48.5 Å². The van der Waals surface area contributed by atoms with E-state index in [0.29, 0.717) is 11.1 Å². The monoisotopic (exact) mass is 369 g/mol. The number of hydrogen-bond acceptors (Lipinski definition) is 5. The van der Waals surface area contributed by atoms with Crippen molar-refractivity contribution in [2.75, 3.05) is 7.05 Å². The molecule has 0 aliphatic heterocycles. The maximum Gasteiger partial charge on any atom is 0.193 e. The molecule has 0 fully saturated rings. The van der Waals surface area contributed by atoms with Gasteiger partial charge in [-0.25, -0.2) is 0 Å². The smallest absolute Gasteiger partial charge is 0.193 e. The Balaban J connectivity index is 2.27. The maximum absolute atomic E-state index is 12.2. The van der Waals surface area contributed by atoms with E-state index in [2.05, 4.69) is 5.32 Å². The van der Waals surface area contributed by atoms with Crippen LogP contribution in [0.5, 0.6) is 0 Å². The SMILES string of the molecule is CNC(c1ccc(C(=O)C(C)(C)O)cc1)c1ccc(C(=O)C(C)(C)O)cc1. The lowest BCUT2D eigenvalue weighted by atomic mass is 9.92. The first kappa shape index (κ1) is 21.0. The van der Waals surface area contributed by atoms with E-state index in [0.717, 1.165) is 11.1 Å². The van der Waals surface area contributed by atoms with Crippen molar-refractivity contribution < 1.29 is 19.8 Å². The number of Topliss-reactive ketones (excluding diaryl/α,β-unsaturated/α-hetero) is 2. The zero-order valence-corrected chi connectivity index (χ0v) is 16.4. The molecule has 0 aliphatic rings. The first-order chi connectivity index (χ1) is 12.4.